The van der Waals surface area contributed by atoms with Gasteiger partial charge in [-0.3, -0.25) is 0 Å². The van der Waals surface area contributed by atoms with Gasteiger partial charge in [-0.1, -0.05) is 11.3 Å². The Morgan fingerprint density at radius 2 is 1.88 bits per heavy atom. The molecule has 12 heteroatoms. The summed E-state index contributed by atoms with van der Waals surface area (Å²) in [5.41, 5.74) is 3.58. The predicted molar refractivity (Wildman–Crippen MR) is 153 cm³/mol. The fourth-order valence-electron chi connectivity index (χ4n) is 5.05. The smallest absolute Gasteiger partial charge is 0.209 e. The second-order valence-electron chi connectivity index (χ2n) is 10.2. The van der Waals surface area contributed by atoms with Crippen LogP contribution in [0.2, 0.25) is 0 Å². The Hall–Kier alpha value is -3.66. The summed E-state index contributed by atoms with van der Waals surface area (Å²) in [7, 11) is -3.33. The van der Waals surface area contributed by atoms with E-state index in [0.717, 1.165) is 30.5 Å². The van der Waals surface area contributed by atoms with Crippen LogP contribution in [0.15, 0.2) is 42.5 Å². The number of anilines is 3. The molecule has 0 unspecified atom stereocenters. The van der Waals surface area contributed by atoms with Crippen LogP contribution in [0, 0.1) is 23.0 Å². The average Bonchev–Trinajstić information content (AvgIpc) is 3.66. The van der Waals surface area contributed by atoms with Crippen molar-refractivity contribution in [3.05, 3.63) is 64.7 Å². The second-order valence-corrected chi connectivity index (χ2v) is 13.0. The van der Waals surface area contributed by atoms with Gasteiger partial charge in [-0.2, -0.15) is 5.26 Å². The number of sulfonamides is 1. The summed E-state index contributed by atoms with van der Waals surface area (Å²) in [4.78, 5) is 13.8. The summed E-state index contributed by atoms with van der Waals surface area (Å²) in [5.74, 6) is -0.544. The molecular formula is C28H26F2N6O2S2. The Balaban J connectivity index is 1.43. The van der Waals surface area contributed by atoms with E-state index in [-0.39, 0.29) is 23.3 Å². The average molecular weight is 581 g/mol. The van der Waals surface area contributed by atoms with Crippen molar-refractivity contribution in [1.82, 2.24) is 14.7 Å². The van der Waals surface area contributed by atoms with Crippen LogP contribution < -0.4 is 14.5 Å². The molecule has 6 rings (SSSR count). The van der Waals surface area contributed by atoms with Crippen LogP contribution in [0.5, 0.6) is 0 Å². The SMILES string of the molecule is CCN(c1nc(-c2ccc(F)cc2)c(C#N)s1)c1cc(C2CC2)nc2c(F)cc(N3CC(NS(C)(=O)=O)C3)cc12. The molecule has 2 aromatic heterocycles. The normalized spacial score (nSPS) is 15.7. The molecule has 0 spiro atoms. The van der Waals surface area contributed by atoms with Gasteiger partial charge in [0.25, 0.3) is 0 Å². The van der Waals surface area contributed by atoms with Crippen LogP contribution in [-0.2, 0) is 10.0 Å². The van der Waals surface area contributed by atoms with E-state index in [1.165, 1.54) is 29.5 Å². The predicted octanol–water partition coefficient (Wildman–Crippen LogP) is 5.28. The number of rotatable bonds is 8. The molecule has 4 aromatic rings. The maximum Gasteiger partial charge on any atom is 0.209 e. The van der Waals surface area contributed by atoms with Crippen molar-refractivity contribution in [3.8, 4) is 17.3 Å². The second kappa shape index (κ2) is 10.1. The fraction of sp³-hybridized carbons (Fsp3) is 0.321. The number of nitrogens with zero attached hydrogens (tertiary/aromatic N) is 5. The number of pyridine rings is 1. The highest BCUT2D eigenvalue weighted by Gasteiger charge is 2.32. The number of hydrogen-bond donors (Lipinski definition) is 1. The van der Waals surface area contributed by atoms with E-state index >= 15 is 4.39 Å². The summed E-state index contributed by atoms with van der Waals surface area (Å²) >= 11 is 1.23. The number of aromatic nitrogens is 2. The minimum absolute atomic E-state index is 0.236. The molecule has 3 heterocycles. The molecule has 2 aliphatic rings. The zero-order chi connectivity index (χ0) is 28.2. The van der Waals surface area contributed by atoms with Crippen LogP contribution in [0.1, 0.15) is 36.3 Å². The number of thiazole rings is 1. The lowest BCUT2D eigenvalue weighted by atomic mass is 10.0. The van der Waals surface area contributed by atoms with Crippen molar-refractivity contribution < 1.29 is 17.2 Å². The molecule has 0 amide bonds. The number of nitriles is 1. The summed E-state index contributed by atoms with van der Waals surface area (Å²) in [6, 6.07) is 13.2. The summed E-state index contributed by atoms with van der Waals surface area (Å²) in [6.45, 7) is 3.32. The van der Waals surface area contributed by atoms with Crippen LogP contribution in [0.3, 0.4) is 0 Å². The van der Waals surface area contributed by atoms with Gasteiger partial charge in [-0.15, -0.1) is 0 Å². The van der Waals surface area contributed by atoms with E-state index < -0.39 is 15.8 Å². The third-order valence-electron chi connectivity index (χ3n) is 7.15. The van der Waals surface area contributed by atoms with Crippen molar-refractivity contribution in [2.45, 2.75) is 31.7 Å². The molecule has 2 fully saturated rings. The molecule has 0 radical (unpaired) electrons. The molecule has 2 aromatic carbocycles. The molecule has 1 aliphatic carbocycles. The fourth-order valence-corrected chi connectivity index (χ4v) is 6.76. The van der Waals surface area contributed by atoms with Gasteiger partial charge in [0, 0.05) is 47.9 Å². The third kappa shape index (κ3) is 5.12. The zero-order valence-electron chi connectivity index (χ0n) is 21.9. The maximum atomic E-state index is 15.6. The highest BCUT2D eigenvalue weighted by atomic mass is 32.2. The van der Waals surface area contributed by atoms with Crippen molar-refractivity contribution in [1.29, 1.82) is 5.26 Å². The van der Waals surface area contributed by atoms with Gasteiger partial charge in [0.15, 0.2) is 10.9 Å². The van der Waals surface area contributed by atoms with Gasteiger partial charge in [0.2, 0.25) is 10.0 Å². The standard InChI is InChI=1S/C28H26F2N6O2S2/c1-3-36(28-33-26(25(13-31)39-28)17-6-8-18(29)9-7-17)24-12-23(16-4-5-16)32-27-21(24)10-20(11-22(27)30)35-14-19(15-35)34-40(2,37)38/h6-12,16,19,34H,3-5,14-15H2,1-2H3. The number of nitrogens with one attached hydrogen (secondary N) is 1. The first-order valence-electron chi connectivity index (χ1n) is 12.9. The minimum Gasteiger partial charge on any atom is -0.368 e. The Bertz CT molecular complexity index is 1760. The first kappa shape index (κ1) is 26.6. The molecular weight excluding hydrogens is 554 g/mol. The van der Waals surface area contributed by atoms with Crippen LogP contribution in [0.25, 0.3) is 22.2 Å². The number of hydrogen-bond acceptors (Lipinski definition) is 8. The van der Waals surface area contributed by atoms with Crippen LogP contribution in [0.4, 0.5) is 25.3 Å². The summed E-state index contributed by atoms with van der Waals surface area (Å²) < 4.78 is 54.9. The van der Waals surface area contributed by atoms with Crippen molar-refractivity contribution in [2.75, 3.05) is 35.7 Å². The first-order valence-corrected chi connectivity index (χ1v) is 15.6. The Morgan fingerprint density at radius 3 is 2.50 bits per heavy atom. The Morgan fingerprint density at radius 1 is 1.15 bits per heavy atom. The van der Waals surface area contributed by atoms with Crippen molar-refractivity contribution in [3.63, 3.8) is 0 Å². The lowest BCUT2D eigenvalue weighted by molar-refractivity contribution is 0.470. The molecule has 8 nitrogen and oxygen atoms in total. The Kier molecular flexibility index (Phi) is 6.68. The highest BCUT2D eigenvalue weighted by Crippen LogP contribution is 2.45. The van der Waals surface area contributed by atoms with Crippen LogP contribution in [-0.4, -0.2) is 50.3 Å². The highest BCUT2D eigenvalue weighted by molar-refractivity contribution is 7.88. The van der Waals surface area contributed by atoms with E-state index in [1.54, 1.807) is 12.1 Å². The molecule has 206 valence electrons. The summed E-state index contributed by atoms with van der Waals surface area (Å²) in [5, 5.41) is 11.0. The molecule has 1 saturated heterocycles. The number of halogens is 2. The lowest BCUT2D eigenvalue weighted by Crippen LogP contribution is -2.59. The van der Waals surface area contributed by atoms with E-state index in [0.29, 0.717) is 52.0 Å². The molecule has 0 bridgehead atoms. The van der Waals surface area contributed by atoms with Gasteiger partial charge >= 0.3 is 0 Å². The summed E-state index contributed by atoms with van der Waals surface area (Å²) in [6.07, 6.45) is 3.12. The number of fused-ring (bicyclic) bond motifs is 1. The van der Waals surface area contributed by atoms with Gasteiger partial charge in [0.1, 0.15) is 28.0 Å². The van der Waals surface area contributed by atoms with Gasteiger partial charge in [-0.05, 0) is 62.2 Å². The van der Waals surface area contributed by atoms with Gasteiger partial charge in [-0.25, -0.2) is 31.9 Å². The van der Waals surface area contributed by atoms with E-state index in [2.05, 4.69) is 10.8 Å². The van der Waals surface area contributed by atoms with Gasteiger partial charge < -0.3 is 9.80 Å². The molecule has 0 atom stereocenters. The minimum atomic E-state index is -3.33. The molecule has 1 N–H and O–H groups in total. The van der Waals surface area contributed by atoms with Gasteiger partial charge in [0.05, 0.1) is 18.0 Å². The lowest BCUT2D eigenvalue weighted by Gasteiger charge is -2.41. The van der Waals surface area contributed by atoms with E-state index in [1.807, 2.05) is 28.9 Å². The quantitative estimate of drug-likeness (QED) is 0.303. The third-order valence-corrected chi connectivity index (χ3v) is 8.89. The maximum absolute atomic E-state index is 15.6. The van der Waals surface area contributed by atoms with Crippen LogP contribution >= 0.6 is 11.3 Å². The monoisotopic (exact) mass is 580 g/mol. The Labute approximate surface area is 234 Å². The van der Waals surface area contributed by atoms with E-state index in [4.69, 9.17) is 9.97 Å². The first-order chi connectivity index (χ1) is 19.1. The van der Waals surface area contributed by atoms with Crippen molar-refractivity contribution in [2.24, 2.45) is 0 Å². The topological polar surface area (TPSA) is 102 Å². The van der Waals surface area contributed by atoms with Crippen molar-refractivity contribution >= 4 is 48.8 Å². The molecule has 1 saturated carbocycles. The largest absolute Gasteiger partial charge is 0.368 e. The molecule has 40 heavy (non-hydrogen) atoms. The molecule has 1 aliphatic heterocycles. The zero-order valence-corrected chi connectivity index (χ0v) is 23.5. The number of benzene rings is 2. The van der Waals surface area contributed by atoms with E-state index in [9.17, 15) is 18.1 Å².